The van der Waals surface area contributed by atoms with Crippen LogP contribution < -0.4 is 16.0 Å². The molecule has 9 nitrogen and oxygen atoms in total. The third kappa shape index (κ3) is 3.93. The van der Waals surface area contributed by atoms with Crippen molar-refractivity contribution in [1.82, 2.24) is 9.78 Å². The minimum atomic E-state index is -0.723. The van der Waals surface area contributed by atoms with Gasteiger partial charge >= 0.3 is 5.76 Å². The van der Waals surface area contributed by atoms with E-state index in [-0.39, 0.29) is 18.3 Å². The van der Waals surface area contributed by atoms with E-state index in [1.807, 2.05) is 24.3 Å². The number of carbonyl (C=O) groups excluding carboxylic acids is 1. The molecule has 1 aromatic carbocycles. The molecule has 4 rings (SSSR count). The topological polar surface area (TPSA) is 103 Å². The SMILES string of the molecule is O=C(Cn1nc(-c2ccco2)oc1=O)Nc1ccc(N2CCOCC2)cc1. The molecular formula is C18H18N4O5. The van der Waals surface area contributed by atoms with Crippen LogP contribution in [0.5, 0.6) is 0 Å². The van der Waals surface area contributed by atoms with Crippen LogP contribution in [0.3, 0.4) is 0 Å². The highest BCUT2D eigenvalue weighted by atomic mass is 16.5. The Balaban J connectivity index is 1.39. The lowest BCUT2D eigenvalue weighted by molar-refractivity contribution is -0.117. The smallest absolute Gasteiger partial charge is 0.437 e. The number of ether oxygens (including phenoxy) is 1. The molecule has 1 saturated heterocycles. The first-order valence-electron chi connectivity index (χ1n) is 8.53. The van der Waals surface area contributed by atoms with Crippen LogP contribution in [0.25, 0.3) is 11.7 Å². The molecule has 0 aliphatic carbocycles. The molecular weight excluding hydrogens is 352 g/mol. The van der Waals surface area contributed by atoms with Gasteiger partial charge in [0.1, 0.15) is 6.54 Å². The van der Waals surface area contributed by atoms with Crippen molar-refractivity contribution >= 4 is 17.3 Å². The second-order valence-electron chi connectivity index (χ2n) is 6.00. The number of anilines is 2. The maximum Gasteiger partial charge on any atom is 0.437 e. The second kappa shape index (κ2) is 7.50. The number of carbonyl (C=O) groups is 1. The van der Waals surface area contributed by atoms with Crippen molar-refractivity contribution in [3.05, 3.63) is 53.2 Å². The summed E-state index contributed by atoms with van der Waals surface area (Å²) in [6.07, 6.45) is 1.45. The number of morpholine rings is 1. The van der Waals surface area contributed by atoms with Crippen LogP contribution in [-0.4, -0.2) is 42.0 Å². The van der Waals surface area contributed by atoms with Gasteiger partial charge in [-0.05, 0) is 36.4 Å². The highest BCUT2D eigenvalue weighted by Crippen LogP contribution is 2.19. The van der Waals surface area contributed by atoms with Crippen LogP contribution in [0.1, 0.15) is 0 Å². The highest BCUT2D eigenvalue weighted by molar-refractivity contribution is 5.90. The standard InChI is InChI=1S/C18H18N4O5/c23-16(12-22-18(24)27-17(20-22)15-2-1-9-26-15)19-13-3-5-14(6-4-13)21-7-10-25-11-8-21/h1-6,9H,7-8,10-12H2,(H,19,23). The van der Waals surface area contributed by atoms with Crippen molar-refractivity contribution in [2.75, 3.05) is 36.5 Å². The van der Waals surface area contributed by atoms with Gasteiger partial charge < -0.3 is 23.8 Å². The summed E-state index contributed by atoms with van der Waals surface area (Å²) < 4.78 is 16.4. The van der Waals surface area contributed by atoms with E-state index in [1.54, 1.807) is 12.1 Å². The zero-order valence-corrected chi connectivity index (χ0v) is 14.5. The molecule has 27 heavy (non-hydrogen) atoms. The average molecular weight is 370 g/mol. The summed E-state index contributed by atoms with van der Waals surface area (Å²) >= 11 is 0. The summed E-state index contributed by atoms with van der Waals surface area (Å²) in [6, 6.07) is 10.8. The van der Waals surface area contributed by atoms with Crippen LogP contribution in [0.15, 0.2) is 56.3 Å². The van der Waals surface area contributed by atoms with Gasteiger partial charge in [-0.2, -0.15) is 4.68 Å². The van der Waals surface area contributed by atoms with Gasteiger partial charge in [0.2, 0.25) is 5.91 Å². The van der Waals surface area contributed by atoms with Crippen LogP contribution in [0.2, 0.25) is 0 Å². The average Bonchev–Trinajstić information content (AvgIpc) is 3.33. The molecule has 140 valence electrons. The first kappa shape index (κ1) is 17.1. The van der Waals surface area contributed by atoms with E-state index in [2.05, 4.69) is 15.3 Å². The van der Waals surface area contributed by atoms with Gasteiger partial charge in [0, 0.05) is 24.5 Å². The maximum atomic E-state index is 12.2. The molecule has 1 amide bonds. The monoisotopic (exact) mass is 370 g/mol. The number of rotatable bonds is 5. The van der Waals surface area contributed by atoms with Crippen LogP contribution in [0, 0.1) is 0 Å². The molecule has 0 saturated carbocycles. The van der Waals surface area contributed by atoms with E-state index in [9.17, 15) is 9.59 Å². The fraction of sp³-hybridized carbons (Fsp3) is 0.278. The van der Waals surface area contributed by atoms with Gasteiger partial charge in [-0.1, -0.05) is 0 Å². The Kier molecular flexibility index (Phi) is 4.75. The van der Waals surface area contributed by atoms with Gasteiger partial charge in [0.05, 0.1) is 19.5 Å². The van der Waals surface area contributed by atoms with Crippen LogP contribution in [-0.2, 0) is 16.1 Å². The number of hydrogen-bond donors (Lipinski definition) is 1. The van der Waals surface area contributed by atoms with E-state index < -0.39 is 5.76 Å². The van der Waals surface area contributed by atoms with Crippen molar-refractivity contribution in [2.24, 2.45) is 0 Å². The number of nitrogens with zero attached hydrogens (tertiary/aromatic N) is 3. The highest BCUT2D eigenvalue weighted by Gasteiger charge is 2.15. The van der Waals surface area contributed by atoms with E-state index in [4.69, 9.17) is 13.6 Å². The molecule has 0 spiro atoms. The van der Waals surface area contributed by atoms with Crippen LogP contribution in [0.4, 0.5) is 11.4 Å². The predicted molar refractivity (Wildman–Crippen MR) is 96.6 cm³/mol. The van der Waals surface area contributed by atoms with E-state index in [1.165, 1.54) is 6.26 Å². The van der Waals surface area contributed by atoms with Crippen molar-refractivity contribution < 1.29 is 18.4 Å². The second-order valence-corrected chi connectivity index (χ2v) is 6.00. The Morgan fingerprint density at radius 3 is 2.63 bits per heavy atom. The maximum absolute atomic E-state index is 12.2. The van der Waals surface area contributed by atoms with E-state index >= 15 is 0 Å². The Morgan fingerprint density at radius 2 is 1.93 bits per heavy atom. The third-order valence-electron chi connectivity index (χ3n) is 4.16. The summed E-state index contributed by atoms with van der Waals surface area (Å²) in [5, 5.41) is 6.72. The number of nitrogens with one attached hydrogen (secondary N) is 1. The molecule has 0 radical (unpaired) electrons. The van der Waals surface area contributed by atoms with Gasteiger partial charge in [0.15, 0.2) is 5.76 Å². The minimum absolute atomic E-state index is 0.0349. The molecule has 1 aliphatic rings. The first-order chi connectivity index (χ1) is 13.2. The van der Waals surface area contributed by atoms with E-state index in [0.717, 1.165) is 23.5 Å². The number of amides is 1. The lowest BCUT2D eigenvalue weighted by atomic mass is 10.2. The first-order valence-corrected chi connectivity index (χ1v) is 8.53. The molecule has 3 aromatic rings. The lowest BCUT2D eigenvalue weighted by Crippen LogP contribution is -2.36. The number of furan rings is 1. The third-order valence-corrected chi connectivity index (χ3v) is 4.16. The van der Waals surface area contributed by atoms with Crippen molar-refractivity contribution in [1.29, 1.82) is 0 Å². The predicted octanol–water partition coefficient (Wildman–Crippen LogP) is 1.57. The van der Waals surface area contributed by atoms with Crippen molar-refractivity contribution in [3.63, 3.8) is 0 Å². The molecule has 3 heterocycles. The fourth-order valence-electron chi connectivity index (χ4n) is 2.82. The Bertz CT molecular complexity index is 953. The Morgan fingerprint density at radius 1 is 1.15 bits per heavy atom. The Labute approximate surface area is 154 Å². The fourth-order valence-corrected chi connectivity index (χ4v) is 2.82. The molecule has 2 aromatic heterocycles. The normalized spacial score (nSPS) is 14.3. The number of benzene rings is 1. The summed E-state index contributed by atoms with van der Waals surface area (Å²) in [7, 11) is 0. The largest absolute Gasteiger partial charge is 0.459 e. The van der Waals surface area contributed by atoms with Gasteiger partial charge in [-0.25, -0.2) is 4.79 Å². The Hall–Kier alpha value is -3.33. The number of aromatic nitrogens is 2. The molecule has 9 heteroatoms. The summed E-state index contributed by atoms with van der Waals surface area (Å²) in [5.74, 6) is -0.743. The molecule has 1 N–H and O–H groups in total. The summed E-state index contributed by atoms with van der Waals surface area (Å²) in [5.41, 5.74) is 1.71. The van der Waals surface area contributed by atoms with E-state index in [0.29, 0.717) is 24.7 Å². The lowest BCUT2D eigenvalue weighted by Gasteiger charge is -2.28. The van der Waals surface area contributed by atoms with Gasteiger partial charge in [0.25, 0.3) is 5.89 Å². The van der Waals surface area contributed by atoms with Crippen molar-refractivity contribution in [3.8, 4) is 11.7 Å². The minimum Gasteiger partial charge on any atom is -0.459 e. The van der Waals surface area contributed by atoms with Crippen LogP contribution >= 0.6 is 0 Å². The van der Waals surface area contributed by atoms with Gasteiger partial charge in [-0.3, -0.25) is 4.79 Å². The summed E-state index contributed by atoms with van der Waals surface area (Å²) in [4.78, 5) is 26.3. The zero-order valence-electron chi connectivity index (χ0n) is 14.5. The van der Waals surface area contributed by atoms with Crippen molar-refractivity contribution in [2.45, 2.75) is 6.54 Å². The molecule has 0 unspecified atom stereocenters. The quantitative estimate of drug-likeness (QED) is 0.727. The molecule has 0 atom stereocenters. The van der Waals surface area contributed by atoms with Gasteiger partial charge in [-0.15, -0.1) is 5.10 Å². The molecule has 1 aliphatic heterocycles. The number of hydrogen-bond acceptors (Lipinski definition) is 7. The molecule has 1 fully saturated rings. The zero-order chi connectivity index (χ0) is 18.6. The summed E-state index contributed by atoms with van der Waals surface area (Å²) in [6.45, 7) is 2.86. The molecule has 0 bridgehead atoms.